The largest absolute Gasteiger partial charge is 0.486 e. The smallest absolute Gasteiger partial charge is 0.252 e. The number of nitrogens with zero attached hydrogens (tertiary/aromatic N) is 1. The van der Waals surface area contributed by atoms with E-state index in [4.69, 9.17) is 9.47 Å². The maximum atomic E-state index is 11.9. The first-order chi connectivity index (χ1) is 11.3. The van der Waals surface area contributed by atoms with E-state index in [0.717, 1.165) is 30.8 Å². The molecule has 0 spiro atoms. The van der Waals surface area contributed by atoms with Crippen LogP contribution < -0.4 is 14.8 Å². The second kappa shape index (κ2) is 7.63. The van der Waals surface area contributed by atoms with Gasteiger partial charge in [0, 0.05) is 18.9 Å². The molecule has 2 heterocycles. The van der Waals surface area contributed by atoms with Crippen LogP contribution >= 0.6 is 0 Å². The molecule has 1 aliphatic rings. The molecule has 5 heteroatoms. The molecule has 23 heavy (non-hydrogen) atoms. The molecule has 1 N–H and O–H groups in total. The zero-order valence-electron chi connectivity index (χ0n) is 13.0. The van der Waals surface area contributed by atoms with Crippen LogP contribution in [0.25, 0.3) is 0 Å². The number of rotatable bonds is 6. The summed E-state index contributed by atoms with van der Waals surface area (Å²) >= 11 is 0. The van der Waals surface area contributed by atoms with Crippen LogP contribution in [-0.4, -0.2) is 30.6 Å². The van der Waals surface area contributed by atoms with Crippen LogP contribution in [-0.2, 0) is 6.42 Å². The number of amides is 1. The van der Waals surface area contributed by atoms with Gasteiger partial charge < -0.3 is 14.8 Å². The predicted molar refractivity (Wildman–Crippen MR) is 86.9 cm³/mol. The van der Waals surface area contributed by atoms with Crippen molar-refractivity contribution >= 4 is 5.91 Å². The number of hydrogen-bond acceptors (Lipinski definition) is 4. The van der Waals surface area contributed by atoms with Crippen LogP contribution in [0.1, 0.15) is 28.8 Å². The minimum atomic E-state index is -0.0718. The molecule has 0 aliphatic carbocycles. The number of carbonyl (C=O) groups excluding carboxylic acids is 1. The van der Waals surface area contributed by atoms with Crippen molar-refractivity contribution in [3.05, 3.63) is 53.9 Å². The molecule has 1 amide bonds. The minimum absolute atomic E-state index is 0.0718. The van der Waals surface area contributed by atoms with Crippen molar-refractivity contribution in [2.75, 3.05) is 19.8 Å². The Kier molecular flexibility index (Phi) is 5.09. The fourth-order valence-corrected chi connectivity index (χ4v) is 2.50. The van der Waals surface area contributed by atoms with Gasteiger partial charge >= 0.3 is 0 Å². The number of fused-ring (bicyclic) bond motifs is 1. The van der Waals surface area contributed by atoms with Gasteiger partial charge in [-0.15, -0.1) is 0 Å². The van der Waals surface area contributed by atoms with Gasteiger partial charge in [-0.25, -0.2) is 0 Å². The number of hydrogen-bond donors (Lipinski definition) is 1. The van der Waals surface area contributed by atoms with Crippen molar-refractivity contribution in [3.63, 3.8) is 0 Å². The molecule has 5 nitrogen and oxygen atoms in total. The molecule has 0 unspecified atom stereocenters. The summed E-state index contributed by atoms with van der Waals surface area (Å²) in [5, 5.41) is 2.91. The highest BCUT2D eigenvalue weighted by atomic mass is 16.6. The lowest BCUT2D eigenvalue weighted by atomic mass is 10.1. The Balaban J connectivity index is 1.39. The first-order valence-electron chi connectivity index (χ1n) is 7.90. The summed E-state index contributed by atoms with van der Waals surface area (Å²) in [4.78, 5) is 15.8. The van der Waals surface area contributed by atoms with E-state index in [0.29, 0.717) is 25.3 Å². The maximum Gasteiger partial charge on any atom is 0.252 e. The third-order valence-electron chi connectivity index (χ3n) is 3.71. The summed E-state index contributed by atoms with van der Waals surface area (Å²) in [6.45, 7) is 1.89. The topological polar surface area (TPSA) is 60.5 Å². The molecule has 1 aromatic heterocycles. The fourth-order valence-electron chi connectivity index (χ4n) is 2.50. The van der Waals surface area contributed by atoms with Gasteiger partial charge in [-0.3, -0.25) is 9.78 Å². The highest BCUT2D eigenvalue weighted by Crippen LogP contribution is 2.31. The summed E-state index contributed by atoms with van der Waals surface area (Å²) < 4.78 is 11.1. The number of aromatic nitrogens is 1. The molecule has 1 aliphatic heterocycles. The molecule has 2 aromatic rings. The lowest BCUT2D eigenvalue weighted by molar-refractivity contribution is 0.0952. The van der Waals surface area contributed by atoms with Gasteiger partial charge in [0.1, 0.15) is 13.2 Å². The number of unbranched alkanes of at least 4 members (excludes halogenated alkanes) is 1. The van der Waals surface area contributed by atoms with E-state index >= 15 is 0 Å². The molecule has 0 bridgehead atoms. The Morgan fingerprint density at radius 2 is 2.00 bits per heavy atom. The van der Waals surface area contributed by atoms with Gasteiger partial charge in [-0.1, -0.05) is 6.07 Å². The number of aryl methyl sites for hydroxylation is 1. The van der Waals surface area contributed by atoms with Gasteiger partial charge in [0.25, 0.3) is 5.91 Å². The van der Waals surface area contributed by atoms with Crippen LogP contribution in [0.2, 0.25) is 0 Å². The average molecular weight is 312 g/mol. The first-order valence-corrected chi connectivity index (χ1v) is 7.90. The summed E-state index contributed by atoms with van der Waals surface area (Å²) in [6, 6.07) is 9.60. The van der Waals surface area contributed by atoms with Crippen molar-refractivity contribution in [3.8, 4) is 11.5 Å². The second-order valence-corrected chi connectivity index (χ2v) is 5.43. The number of nitrogens with one attached hydrogen (secondary N) is 1. The van der Waals surface area contributed by atoms with Gasteiger partial charge in [0.15, 0.2) is 11.5 Å². The minimum Gasteiger partial charge on any atom is -0.486 e. The molecular formula is C18H20N2O3. The van der Waals surface area contributed by atoms with Gasteiger partial charge in [0.2, 0.25) is 0 Å². The van der Waals surface area contributed by atoms with E-state index in [1.165, 1.54) is 5.56 Å². The van der Waals surface area contributed by atoms with E-state index < -0.39 is 0 Å². The second-order valence-electron chi connectivity index (χ2n) is 5.43. The molecule has 1 aromatic carbocycles. The van der Waals surface area contributed by atoms with Crippen LogP contribution in [0.5, 0.6) is 11.5 Å². The number of benzene rings is 1. The number of ether oxygens (including phenoxy) is 2. The molecule has 3 rings (SSSR count). The van der Waals surface area contributed by atoms with Crippen molar-refractivity contribution in [2.45, 2.75) is 19.3 Å². The lowest BCUT2D eigenvalue weighted by Gasteiger charge is -2.18. The third-order valence-corrected chi connectivity index (χ3v) is 3.71. The Hall–Kier alpha value is -2.56. The van der Waals surface area contributed by atoms with Crippen molar-refractivity contribution < 1.29 is 14.3 Å². The summed E-state index contributed by atoms with van der Waals surface area (Å²) in [5.74, 6) is 1.58. The van der Waals surface area contributed by atoms with E-state index in [1.807, 2.05) is 12.1 Å². The zero-order valence-corrected chi connectivity index (χ0v) is 13.0. The molecular weight excluding hydrogens is 292 g/mol. The van der Waals surface area contributed by atoms with Crippen molar-refractivity contribution in [1.82, 2.24) is 10.3 Å². The van der Waals surface area contributed by atoms with Gasteiger partial charge in [-0.2, -0.15) is 0 Å². The van der Waals surface area contributed by atoms with E-state index in [1.54, 1.807) is 24.5 Å². The fraction of sp³-hybridized carbons (Fsp3) is 0.333. The van der Waals surface area contributed by atoms with Gasteiger partial charge in [0.05, 0.1) is 5.56 Å². The molecule has 0 atom stereocenters. The monoisotopic (exact) mass is 312 g/mol. The van der Waals surface area contributed by atoms with Crippen LogP contribution in [0.15, 0.2) is 42.7 Å². The standard InChI is InChI=1S/C18H20N2O3/c21-18(15-5-3-8-19-13-15)20-9-2-1-4-14-6-7-16-17(12-14)23-11-10-22-16/h3,5-8,12-13H,1-2,4,9-11H2,(H,20,21). The zero-order chi connectivity index (χ0) is 15.9. The molecule has 0 radical (unpaired) electrons. The maximum absolute atomic E-state index is 11.9. The van der Waals surface area contributed by atoms with Crippen LogP contribution in [0.4, 0.5) is 0 Å². The average Bonchev–Trinajstić information content (AvgIpc) is 2.62. The first kappa shape index (κ1) is 15.3. The summed E-state index contributed by atoms with van der Waals surface area (Å²) in [5.41, 5.74) is 1.83. The molecule has 0 saturated carbocycles. The van der Waals surface area contributed by atoms with Gasteiger partial charge in [-0.05, 0) is 49.1 Å². The Morgan fingerprint density at radius 1 is 1.13 bits per heavy atom. The Bertz CT molecular complexity index is 659. The predicted octanol–water partition coefficient (Wildman–Crippen LogP) is 2.61. The molecule has 0 saturated heterocycles. The summed E-state index contributed by atoms with van der Waals surface area (Å²) in [6.07, 6.45) is 6.13. The molecule has 120 valence electrons. The Morgan fingerprint density at radius 3 is 2.83 bits per heavy atom. The number of carbonyl (C=O) groups is 1. The lowest BCUT2D eigenvalue weighted by Crippen LogP contribution is -2.24. The quantitative estimate of drug-likeness (QED) is 0.833. The summed E-state index contributed by atoms with van der Waals surface area (Å²) in [7, 11) is 0. The van der Waals surface area contributed by atoms with E-state index in [2.05, 4.69) is 16.4 Å². The SMILES string of the molecule is O=C(NCCCCc1ccc2c(c1)OCCO2)c1cccnc1. The Labute approximate surface area is 135 Å². The van der Waals surface area contributed by atoms with Crippen molar-refractivity contribution in [2.24, 2.45) is 0 Å². The number of pyridine rings is 1. The van der Waals surface area contributed by atoms with Crippen molar-refractivity contribution in [1.29, 1.82) is 0 Å². The van der Waals surface area contributed by atoms with Crippen LogP contribution in [0, 0.1) is 0 Å². The van der Waals surface area contributed by atoms with E-state index in [9.17, 15) is 4.79 Å². The van der Waals surface area contributed by atoms with E-state index in [-0.39, 0.29) is 5.91 Å². The molecule has 0 fully saturated rings. The highest BCUT2D eigenvalue weighted by molar-refractivity contribution is 5.93. The van der Waals surface area contributed by atoms with Crippen LogP contribution in [0.3, 0.4) is 0 Å². The highest BCUT2D eigenvalue weighted by Gasteiger charge is 2.11. The normalized spacial score (nSPS) is 12.7. The third kappa shape index (κ3) is 4.22.